The molecule has 1 aromatic carbocycles. The Morgan fingerprint density at radius 2 is 2.11 bits per heavy atom. The van der Waals surface area contributed by atoms with E-state index in [9.17, 15) is 4.79 Å². The lowest BCUT2D eigenvalue weighted by atomic mass is 10.0. The number of ketones is 1. The third-order valence-electron chi connectivity index (χ3n) is 2.96. The number of aromatic amines is 1. The molecule has 0 aliphatic rings. The Kier molecular flexibility index (Phi) is 2.30. The van der Waals surface area contributed by atoms with Crippen LogP contribution in [0.15, 0.2) is 36.5 Å². The topological polar surface area (TPSA) is 50.2 Å². The fourth-order valence-corrected chi connectivity index (χ4v) is 2.15. The second kappa shape index (κ2) is 3.84. The maximum atomic E-state index is 11.6. The number of hydrogen-bond donors (Lipinski definition) is 1. The summed E-state index contributed by atoms with van der Waals surface area (Å²) in [6, 6.07) is 9.51. The number of imidazole rings is 1. The van der Waals surface area contributed by atoms with Crippen LogP contribution in [-0.4, -0.2) is 20.4 Å². The molecule has 0 aliphatic carbocycles. The van der Waals surface area contributed by atoms with E-state index in [4.69, 9.17) is 0 Å². The monoisotopic (exact) mass is 239 g/mol. The van der Waals surface area contributed by atoms with Gasteiger partial charge in [-0.1, -0.05) is 24.3 Å². The van der Waals surface area contributed by atoms with Crippen LogP contribution >= 0.6 is 0 Å². The van der Waals surface area contributed by atoms with Gasteiger partial charge in [-0.15, -0.1) is 0 Å². The number of aryl methyl sites for hydroxylation is 1. The van der Waals surface area contributed by atoms with E-state index < -0.39 is 0 Å². The number of carbonyl (C=O) groups is 1. The molecule has 0 atom stereocenters. The van der Waals surface area contributed by atoms with Crippen LogP contribution in [0.25, 0.3) is 16.9 Å². The van der Waals surface area contributed by atoms with Gasteiger partial charge in [-0.3, -0.25) is 9.89 Å². The van der Waals surface area contributed by atoms with Gasteiger partial charge in [0.25, 0.3) is 0 Å². The molecule has 0 radical (unpaired) electrons. The Bertz CT molecular complexity index is 705. The normalized spacial score (nSPS) is 11.0. The van der Waals surface area contributed by atoms with E-state index >= 15 is 0 Å². The summed E-state index contributed by atoms with van der Waals surface area (Å²) in [4.78, 5) is 16.1. The van der Waals surface area contributed by atoms with Gasteiger partial charge in [0.15, 0.2) is 11.4 Å². The maximum absolute atomic E-state index is 11.6. The number of fused-ring (bicyclic) bond motifs is 1. The van der Waals surface area contributed by atoms with Crippen molar-refractivity contribution < 1.29 is 4.79 Å². The van der Waals surface area contributed by atoms with Gasteiger partial charge in [-0.25, -0.2) is 9.50 Å². The van der Waals surface area contributed by atoms with Gasteiger partial charge in [0.1, 0.15) is 0 Å². The van der Waals surface area contributed by atoms with Gasteiger partial charge in [-0.2, -0.15) is 0 Å². The molecule has 0 amide bonds. The molecule has 0 saturated heterocycles. The number of carbonyl (C=O) groups excluding carboxylic acids is 1. The smallest absolute Gasteiger partial charge is 0.160 e. The summed E-state index contributed by atoms with van der Waals surface area (Å²) < 4.78 is 1.86. The first-order chi connectivity index (χ1) is 8.65. The average Bonchev–Trinajstić information content (AvgIpc) is 2.85. The van der Waals surface area contributed by atoms with Crippen LogP contribution < -0.4 is 0 Å². The van der Waals surface area contributed by atoms with E-state index in [0.29, 0.717) is 5.56 Å². The zero-order valence-corrected chi connectivity index (χ0v) is 10.3. The Hall–Kier alpha value is -2.36. The first-order valence-corrected chi connectivity index (χ1v) is 5.80. The molecule has 4 heteroatoms. The summed E-state index contributed by atoms with van der Waals surface area (Å²) in [5, 5.41) is 3.17. The van der Waals surface area contributed by atoms with Crippen LogP contribution in [0.3, 0.4) is 0 Å². The number of Topliss-reactive ketones (excluding diaryl/α,β-unsaturated/α-hetero) is 1. The minimum absolute atomic E-state index is 0.0541. The maximum Gasteiger partial charge on any atom is 0.160 e. The molecule has 2 heterocycles. The summed E-state index contributed by atoms with van der Waals surface area (Å²) >= 11 is 0. The molecule has 3 aromatic rings. The number of nitrogens with one attached hydrogen (secondary N) is 1. The molecule has 4 nitrogen and oxygen atoms in total. The molecule has 0 saturated carbocycles. The molecule has 18 heavy (non-hydrogen) atoms. The summed E-state index contributed by atoms with van der Waals surface area (Å²) in [5.74, 6) is 0.0541. The Morgan fingerprint density at radius 1 is 1.33 bits per heavy atom. The van der Waals surface area contributed by atoms with Crippen LogP contribution in [0.1, 0.15) is 23.0 Å². The van der Waals surface area contributed by atoms with E-state index in [2.05, 4.69) is 10.1 Å². The van der Waals surface area contributed by atoms with Gasteiger partial charge < -0.3 is 0 Å². The standard InChI is InChI=1S/C14H13N3O/c1-9-7-14-15-13(8-17(14)16-9)12-6-4-3-5-11(12)10(2)18/h3-8,16H,1-2H3. The fourth-order valence-electron chi connectivity index (χ4n) is 2.15. The van der Waals surface area contributed by atoms with Crippen LogP contribution in [0, 0.1) is 6.92 Å². The zero-order valence-electron chi connectivity index (χ0n) is 10.3. The lowest BCUT2D eigenvalue weighted by molar-refractivity contribution is 0.101. The average molecular weight is 239 g/mol. The van der Waals surface area contributed by atoms with Gasteiger partial charge in [0, 0.05) is 22.9 Å². The van der Waals surface area contributed by atoms with Gasteiger partial charge in [0.05, 0.1) is 11.9 Å². The van der Waals surface area contributed by atoms with E-state index in [1.165, 1.54) is 0 Å². The SMILES string of the molecule is CC(=O)c1ccccc1-c1cn2[nH]c(C)cc2n1. The van der Waals surface area contributed by atoms with E-state index in [-0.39, 0.29) is 5.78 Å². The highest BCUT2D eigenvalue weighted by atomic mass is 16.1. The molecule has 0 fully saturated rings. The third kappa shape index (κ3) is 1.62. The largest absolute Gasteiger partial charge is 0.297 e. The minimum atomic E-state index is 0.0541. The molecule has 1 N–H and O–H groups in total. The molecule has 2 aromatic heterocycles. The minimum Gasteiger partial charge on any atom is -0.297 e. The Labute approximate surface area is 104 Å². The molecule has 0 unspecified atom stereocenters. The predicted octanol–water partition coefficient (Wildman–Crippen LogP) is 2.84. The quantitative estimate of drug-likeness (QED) is 0.699. The van der Waals surface area contributed by atoms with E-state index in [1.54, 1.807) is 6.92 Å². The summed E-state index contributed by atoms with van der Waals surface area (Å²) in [6.45, 7) is 3.56. The summed E-state index contributed by atoms with van der Waals surface area (Å²) in [7, 11) is 0. The molecular formula is C14H13N3O. The zero-order chi connectivity index (χ0) is 12.7. The van der Waals surface area contributed by atoms with Crippen LogP contribution in [0.2, 0.25) is 0 Å². The number of benzene rings is 1. The number of hydrogen-bond acceptors (Lipinski definition) is 2. The third-order valence-corrected chi connectivity index (χ3v) is 2.96. The van der Waals surface area contributed by atoms with Crippen molar-refractivity contribution in [2.24, 2.45) is 0 Å². The van der Waals surface area contributed by atoms with Crippen molar-refractivity contribution in [3.63, 3.8) is 0 Å². The van der Waals surface area contributed by atoms with Crippen molar-refractivity contribution in [1.29, 1.82) is 0 Å². The second-order valence-electron chi connectivity index (χ2n) is 4.40. The molecule has 0 bridgehead atoms. The predicted molar refractivity (Wildman–Crippen MR) is 69.7 cm³/mol. The van der Waals surface area contributed by atoms with Gasteiger partial charge in [0.2, 0.25) is 0 Å². The van der Waals surface area contributed by atoms with Crippen molar-refractivity contribution in [1.82, 2.24) is 14.6 Å². The van der Waals surface area contributed by atoms with Crippen molar-refractivity contribution in [2.75, 3.05) is 0 Å². The van der Waals surface area contributed by atoms with Crippen molar-refractivity contribution >= 4 is 11.4 Å². The number of aromatic nitrogens is 3. The summed E-state index contributed by atoms with van der Waals surface area (Å²) in [5.41, 5.74) is 4.31. The highest BCUT2D eigenvalue weighted by Crippen LogP contribution is 2.23. The molecule has 0 aliphatic heterocycles. The van der Waals surface area contributed by atoms with Gasteiger partial charge >= 0.3 is 0 Å². The van der Waals surface area contributed by atoms with E-state index in [1.807, 2.05) is 48.0 Å². The number of nitrogens with zero attached hydrogens (tertiary/aromatic N) is 2. The summed E-state index contributed by atoms with van der Waals surface area (Å²) in [6.07, 6.45) is 1.91. The Morgan fingerprint density at radius 3 is 2.83 bits per heavy atom. The van der Waals surface area contributed by atoms with Crippen molar-refractivity contribution in [3.8, 4) is 11.3 Å². The highest BCUT2D eigenvalue weighted by Gasteiger charge is 2.12. The molecular weight excluding hydrogens is 226 g/mol. The van der Waals surface area contributed by atoms with Gasteiger partial charge in [-0.05, 0) is 13.8 Å². The van der Waals surface area contributed by atoms with Crippen molar-refractivity contribution in [3.05, 3.63) is 47.8 Å². The van der Waals surface area contributed by atoms with Crippen LogP contribution in [0.4, 0.5) is 0 Å². The number of H-pyrrole nitrogens is 1. The van der Waals surface area contributed by atoms with Crippen LogP contribution in [0.5, 0.6) is 0 Å². The highest BCUT2D eigenvalue weighted by molar-refractivity contribution is 6.00. The Balaban J connectivity index is 2.19. The number of rotatable bonds is 2. The van der Waals surface area contributed by atoms with Crippen molar-refractivity contribution in [2.45, 2.75) is 13.8 Å². The van der Waals surface area contributed by atoms with E-state index in [0.717, 1.165) is 22.6 Å². The first kappa shape index (κ1) is 10.8. The van der Waals surface area contributed by atoms with Crippen LogP contribution in [-0.2, 0) is 0 Å². The lowest BCUT2D eigenvalue weighted by Crippen LogP contribution is -1.95. The molecule has 0 spiro atoms. The lowest BCUT2D eigenvalue weighted by Gasteiger charge is -2.02. The first-order valence-electron chi connectivity index (χ1n) is 5.80. The second-order valence-corrected chi connectivity index (χ2v) is 4.40. The molecule has 90 valence electrons. The molecule has 3 rings (SSSR count). The fraction of sp³-hybridized carbons (Fsp3) is 0.143.